The molecule has 0 saturated heterocycles. The predicted octanol–water partition coefficient (Wildman–Crippen LogP) is 1.57. The van der Waals surface area contributed by atoms with Gasteiger partial charge in [0.1, 0.15) is 22.8 Å². The molecule has 0 aromatic heterocycles. The molecule has 0 spiro atoms. The highest BCUT2D eigenvalue weighted by atomic mass is 16.5. The van der Waals surface area contributed by atoms with Crippen molar-refractivity contribution < 1.29 is 24.2 Å². The van der Waals surface area contributed by atoms with Crippen LogP contribution in [0.5, 0.6) is 17.2 Å². The summed E-state index contributed by atoms with van der Waals surface area (Å²) in [5.41, 5.74) is 0.643. The van der Waals surface area contributed by atoms with Crippen molar-refractivity contribution in [3.8, 4) is 17.2 Å². The van der Waals surface area contributed by atoms with Crippen LogP contribution in [0, 0.1) is 0 Å². The fraction of sp³-hybridized carbons (Fsp3) is 0.222. The first-order valence-corrected chi connectivity index (χ1v) is 7.63. The van der Waals surface area contributed by atoms with Crippen LogP contribution in [0.15, 0.2) is 42.5 Å². The molecular formula is C18H20N2O5. The standard InChI is InChI=1S/C18H20N2O5/c1-24-14-7-4-8-15(25-2)16(14)18(23)20-10-9-19-17(22)12-5-3-6-13(21)11-12/h3-8,11,21H,9-10H2,1-2H3,(H,19,22)(H,20,23). The van der Waals surface area contributed by atoms with E-state index in [1.165, 1.54) is 26.4 Å². The molecule has 25 heavy (non-hydrogen) atoms. The highest BCUT2D eigenvalue weighted by Gasteiger charge is 2.17. The maximum Gasteiger partial charge on any atom is 0.258 e. The summed E-state index contributed by atoms with van der Waals surface area (Å²) in [6.07, 6.45) is 0. The number of hydrogen-bond donors (Lipinski definition) is 3. The molecule has 0 saturated carbocycles. The van der Waals surface area contributed by atoms with Crippen molar-refractivity contribution in [3.05, 3.63) is 53.6 Å². The van der Waals surface area contributed by atoms with Crippen molar-refractivity contribution in [2.75, 3.05) is 27.3 Å². The van der Waals surface area contributed by atoms with Crippen molar-refractivity contribution in [2.45, 2.75) is 0 Å². The summed E-state index contributed by atoms with van der Waals surface area (Å²) in [7, 11) is 2.95. The molecule has 132 valence electrons. The van der Waals surface area contributed by atoms with Gasteiger partial charge in [-0.15, -0.1) is 0 Å². The van der Waals surface area contributed by atoms with Gasteiger partial charge in [-0.05, 0) is 30.3 Å². The van der Waals surface area contributed by atoms with Crippen LogP contribution in [0.3, 0.4) is 0 Å². The molecule has 0 fully saturated rings. The first-order valence-electron chi connectivity index (χ1n) is 7.63. The van der Waals surface area contributed by atoms with E-state index >= 15 is 0 Å². The largest absolute Gasteiger partial charge is 0.508 e. The molecule has 0 aliphatic carbocycles. The smallest absolute Gasteiger partial charge is 0.258 e. The summed E-state index contributed by atoms with van der Waals surface area (Å²) in [5.74, 6) is 0.131. The number of nitrogens with one attached hydrogen (secondary N) is 2. The molecule has 2 amide bonds. The first kappa shape index (κ1) is 18.1. The molecular weight excluding hydrogens is 324 g/mol. The lowest BCUT2D eigenvalue weighted by Gasteiger charge is -2.13. The monoisotopic (exact) mass is 344 g/mol. The molecule has 0 radical (unpaired) electrons. The van der Waals surface area contributed by atoms with Gasteiger partial charge in [0.25, 0.3) is 11.8 Å². The number of phenols is 1. The molecule has 7 nitrogen and oxygen atoms in total. The highest BCUT2D eigenvalue weighted by Crippen LogP contribution is 2.27. The number of rotatable bonds is 7. The van der Waals surface area contributed by atoms with Crippen LogP contribution >= 0.6 is 0 Å². The minimum atomic E-state index is -0.360. The van der Waals surface area contributed by atoms with E-state index in [1.54, 1.807) is 30.3 Å². The van der Waals surface area contributed by atoms with Crippen molar-refractivity contribution in [1.82, 2.24) is 10.6 Å². The number of amides is 2. The fourth-order valence-electron chi connectivity index (χ4n) is 2.26. The Morgan fingerprint density at radius 3 is 2.04 bits per heavy atom. The van der Waals surface area contributed by atoms with E-state index in [2.05, 4.69) is 10.6 Å². The Kier molecular flexibility index (Phi) is 6.22. The molecule has 0 aliphatic rings. The van der Waals surface area contributed by atoms with Gasteiger partial charge in [-0.1, -0.05) is 12.1 Å². The number of hydrogen-bond acceptors (Lipinski definition) is 5. The quantitative estimate of drug-likeness (QED) is 0.663. The van der Waals surface area contributed by atoms with Gasteiger partial charge < -0.3 is 25.2 Å². The molecule has 2 rings (SSSR count). The van der Waals surface area contributed by atoms with Crippen LogP contribution in [0.2, 0.25) is 0 Å². The Morgan fingerprint density at radius 1 is 0.920 bits per heavy atom. The van der Waals surface area contributed by atoms with Gasteiger partial charge in [0.05, 0.1) is 14.2 Å². The second kappa shape index (κ2) is 8.58. The third kappa shape index (κ3) is 4.63. The summed E-state index contributed by atoms with van der Waals surface area (Å²) in [5, 5.41) is 14.7. The van der Waals surface area contributed by atoms with Crippen LogP contribution in [-0.2, 0) is 0 Å². The third-order valence-corrected chi connectivity index (χ3v) is 3.46. The number of carbonyl (C=O) groups excluding carboxylic acids is 2. The SMILES string of the molecule is COc1cccc(OC)c1C(=O)NCCNC(=O)c1cccc(O)c1. The first-order chi connectivity index (χ1) is 12.1. The van der Waals surface area contributed by atoms with E-state index in [0.717, 1.165) is 0 Å². The van der Waals surface area contributed by atoms with Crippen molar-refractivity contribution in [2.24, 2.45) is 0 Å². The Balaban J connectivity index is 1.90. The van der Waals surface area contributed by atoms with Crippen LogP contribution < -0.4 is 20.1 Å². The minimum Gasteiger partial charge on any atom is -0.508 e. The Hall–Kier alpha value is -3.22. The van der Waals surface area contributed by atoms with Crippen molar-refractivity contribution >= 4 is 11.8 Å². The molecule has 2 aromatic rings. The average Bonchev–Trinajstić information content (AvgIpc) is 2.64. The number of aromatic hydroxyl groups is 1. The third-order valence-electron chi connectivity index (χ3n) is 3.46. The number of carbonyl (C=O) groups is 2. The van der Waals surface area contributed by atoms with E-state index in [0.29, 0.717) is 22.6 Å². The van der Waals surface area contributed by atoms with Crippen LogP contribution in [-0.4, -0.2) is 44.2 Å². The van der Waals surface area contributed by atoms with E-state index in [-0.39, 0.29) is 30.7 Å². The van der Waals surface area contributed by atoms with Gasteiger partial charge in [-0.25, -0.2) is 0 Å². The second-order valence-corrected chi connectivity index (χ2v) is 5.10. The zero-order valence-electron chi connectivity index (χ0n) is 14.0. The molecule has 7 heteroatoms. The topological polar surface area (TPSA) is 96.9 Å². The van der Waals surface area contributed by atoms with E-state index < -0.39 is 0 Å². The summed E-state index contributed by atoms with van der Waals surface area (Å²) in [6.45, 7) is 0.461. The van der Waals surface area contributed by atoms with E-state index in [9.17, 15) is 14.7 Å². The predicted molar refractivity (Wildman–Crippen MR) is 92.3 cm³/mol. The molecule has 0 aliphatic heterocycles. The summed E-state index contributed by atoms with van der Waals surface area (Å²) < 4.78 is 10.4. The van der Waals surface area contributed by atoms with Crippen LogP contribution in [0.1, 0.15) is 20.7 Å². The van der Waals surface area contributed by atoms with E-state index in [1.807, 2.05) is 0 Å². The number of ether oxygens (including phenoxy) is 2. The number of benzene rings is 2. The maximum absolute atomic E-state index is 12.3. The highest BCUT2D eigenvalue weighted by molar-refractivity contribution is 5.99. The minimum absolute atomic E-state index is 0.0178. The fourth-order valence-corrected chi connectivity index (χ4v) is 2.26. The zero-order valence-corrected chi connectivity index (χ0v) is 14.0. The molecule has 0 heterocycles. The summed E-state index contributed by atoms with van der Waals surface area (Å²) >= 11 is 0. The Labute approximate surface area is 145 Å². The lowest BCUT2D eigenvalue weighted by atomic mass is 10.1. The average molecular weight is 344 g/mol. The molecule has 0 bridgehead atoms. The van der Waals surface area contributed by atoms with Gasteiger partial charge >= 0.3 is 0 Å². The number of methoxy groups -OCH3 is 2. The van der Waals surface area contributed by atoms with Gasteiger partial charge in [0.2, 0.25) is 0 Å². The molecule has 0 unspecified atom stereocenters. The molecule has 0 atom stereocenters. The van der Waals surface area contributed by atoms with Crippen LogP contribution in [0.4, 0.5) is 0 Å². The van der Waals surface area contributed by atoms with Gasteiger partial charge in [-0.3, -0.25) is 9.59 Å². The van der Waals surface area contributed by atoms with Gasteiger partial charge in [0.15, 0.2) is 0 Å². The lowest BCUT2D eigenvalue weighted by molar-refractivity contribution is 0.0924. The van der Waals surface area contributed by atoms with Crippen molar-refractivity contribution in [3.63, 3.8) is 0 Å². The van der Waals surface area contributed by atoms with Crippen LogP contribution in [0.25, 0.3) is 0 Å². The maximum atomic E-state index is 12.3. The zero-order chi connectivity index (χ0) is 18.2. The molecule has 2 aromatic carbocycles. The van der Waals surface area contributed by atoms with Gasteiger partial charge in [0, 0.05) is 18.7 Å². The van der Waals surface area contributed by atoms with E-state index in [4.69, 9.17) is 9.47 Å². The summed E-state index contributed by atoms with van der Waals surface area (Å²) in [4.78, 5) is 24.3. The lowest BCUT2D eigenvalue weighted by Crippen LogP contribution is -2.35. The normalized spacial score (nSPS) is 10.0. The Bertz CT molecular complexity index is 739. The Morgan fingerprint density at radius 2 is 1.48 bits per heavy atom. The number of phenolic OH excluding ortho intramolecular Hbond substituents is 1. The van der Waals surface area contributed by atoms with Gasteiger partial charge in [-0.2, -0.15) is 0 Å². The van der Waals surface area contributed by atoms with Crippen molar-refractivity contribution in [1.29, 1.82) is 0 Å². The molecule has 3 N–H and O–H groups in total. The summed E-state index contributed by atoms with van der Waals surface area (Å²) in [6, 6.07) is 11.1. The second-order valence-electron chi connectivity index (χ2n) is 5.10.